The molecule has 0 unspecified atom stereocenters. The van der Waals surface area contributed by atoms with Gasteiger partial charge in [-0.1, -0.05) is 36.8 Å². The van der Waals surface area contributed by atoms with Crippen molar-refractivity contribution in [2.75, 3.05) is 19.6 Å². The third-order valence-electron chi connectivity index (χ3n) is 4.14. The van der Waals surface area contributed by atoms with Crippen molar-refractivity contribution in [2.45, 2.75) is 32.1 Å². The van der Waals surface area contributed by atoms with E-state index in [-0.39, 0.29) is 0 Å². The first kappa shape index (κ1) is 13.1. The zero-order valence-electron chi connectivity index (χ0n) is 11.1. The van der Waals surface area contributed by atoms with Crippen LogP contribution in [0.3, 0.4) is 0 Å². The lowest BCUT2D eigenvalue weighted by Crippen LogP contribution is -2.47. The van der Waals surface area contributed by atoms with E-state index < -0.39 is 11.4 Å². The van der Waals surface area contributed by atoms with Gasteiger partial charge in [0, 0.05) is 0 Å². The average Bonchev–Trinajstić information content (AvgIpc) is 2.38. The molecule has 1 N–H and O–H groups in total. The van der Waals surface area contributed by atoms with Crippen molar-refractivity contribution in [1.29, 1.82) is 0 Å². The van der Waals surface area contributed by atoms with Crippen LogP contribution in [-0.4, -0.2) is 35.6 Å². The van der Waals surface area contributed by atoms with Crippen LogP contribution in [0.5, 0.6) is 0 Å². The number of hydrogen-bond donors (Lipinski definition) is 1. The number of aryl methyl sites for hydroxylation is 1. The predicted molar refractivity (Wildman–Crippen MR) is 71.8 cm³/mol. The lowest BCUT2D eigenvalue weighted by atomic mass is 9.72. The van der Waals surface area contributed by atoms with Gasteiger partial charge in [0.2, 0.25) is 0 Å². The highest BCUT2D eigenvalue weighted by Crippen LogP contribution is 2.36. The molecule has 3 heteroatoms. The highest BCUT2D eigenvalue weighted by atomic mass is 16.4. The van der Waals surface area contributed by atoms with E-state index in [0.717, 1.165) is 30.8 Å². The highest BCUT2D eigenvalue weighted by molar-refractivity contribution is 5.81. The van der Waals surface area contributed by atoms with Crippen molar-refractivity contribution >= 4 is 5.97 Å². The maximum absolute atomic E-state index is 11.8. The summed E-state index contributed by atoms with van der Waals surface area (Å²) in [5.41, 5.74) is 1.41. The van der Waals surface area contributed by atoms with Gasteiger partial charge in [-0.2, -0.15) is 0 Å². The van der Waals surface area contributed by atoms with Crippen molar-refractivity contribution in [3.63, 3.8) is 0 Å². The smallest absolute Gasteiger partial charge is 0.314 e. The summed E-state index contributed by atoms with van der Waals surface area (Å²) < 4.78 is 0. The first-order valence-corrected chi connectivity index (χ1v) is 6.61. The Kier molecular flexibility index (Phi) is 3.71. The van der Waals surface area contributed by atoms with E-state index in [1.807, 2.05) is 31.2 Å². The van der Waals surface area contributed by atoms with Gasteiger partial charge in [0.15, 0.2) is 0 Å². The molecule has 0 spiro atoms. The normalized spacial score (nSPS) is 19.7. The summed E-state index contributed by atoms with van der Waals surface area (Å²) in [5, 5.41) is 9.67. The first-order valence-electron chi connectivity index (χ1n) is 6.61. The van der Waals surface area contributed by atoms with Crippen molar-refractivity contribution in [1.82, 2.24) is 4.90 Å². The number of carboxylic acids is 1. The highest BCUT2D eigenvalue weighted by Gasteiger charge is 2.42. The fraction of sp³-hybridized carbons (Fsp3) is 0.533. The minimum absolute atomic E-state index is 0.677. The molecule has 1 aliphatic heterocycles. The van der Waals surface area contributed by atoms with E-state index >= 15 is 0 Å². The van der Waals surface area contributed by atoms with Crippen molar-refractivity contribution in [2.24, 2.45) is 0 Å². The molecular formula is C15H21NO2. The van der Waals surface area contributed by atoms with Crippen molar-refractivity contribution < 1.29 is 9.90 Å². The van der Waals surface area contributed by atoms with Crippen molar-refractivity contribution in [3.8, 4) is 0 Å². The van der Waals surface area contributed by atoms with Crippen LogP contribution in [-0.2, 0) is 10.2 Å². The maximum Gasteiger partial charge on any atom is 0.314 e. The third-order valence-corrected chi connectivity index (χ3v) is 4.14. The van der Waals surface area contributed by atoms with Crippen LogP contribution < -0.4 is 0 Å². The molecule has 0 radical (unpaired) electrons. The summed E-state index contributed by atoms with van der Waals surface area (Å²) in [6.07, 6.45) is 1.42. The van der Waals surface area contributed by atoms with Gasteiger partial charge >= 0.3 is 5.97 Å². The number of piperidine rings is 1. The zero-order valence-corrected chi connectivity index (χ0v) is 11.1. The minimum Gasteiger partial charge on any atom is -0.481 e. The van der Waals surface area contributed by atoms with Crippen LogP contribution >= 0.6 is 0 Å². The number of carboxylic acid groups (broad SMARTS) is 1. The molecule has 18 heavy (non-hydrogen) atoms. The molecule has 1 aromatic carbocycles. The van der Waals surface area contributed by atoms with Gasteiger partial charge in [-0.25, -0.2) is 0 Å². The second-order valence-electron chi connectivity index (χ2n) is 5.19. The molecule has 0 amide bonds. The van der Waals surface area contributed by atoms with Gasteiger partial charge in [0.05, 0.1) is 5.41 Å². The molecule has 0 aromatic heterocycles. The Hall–Kier alpha value is -1.35. The number of nitrogens with zero attached hydrogens (tertiary/aromatic N) is 1. The molecule has 98 valence electrons. The summed E-state index contributed by atoms with van der Waals surface area (Å²) in [4.78, 5) is 14.1. The molecule has 1 saturated heterocycles. The summed E-state index contributed by atoms with van der Waals surface area (Å²) in [6.45, 7) is 6.89. The Morgan fingerprint density at radius 1 is 1.39 bits per heavy atom. The Bertz CT molecular complexity index is 434. The van der Waals surface area contributed by atoms with E-state index in [1.165, 1.54) is 0 Å². The fourth-order valence-corrected chi connectivity index (χ4v) is 2.82. The number of hydrogen-bond acceptors (Lipinski definition) is 2. The summed E-state index contributed by atoms with van der Waals surface area (Å²) in [7, 11) is 0. The number of carbonyl (C=O) groups is 1. The molecule has 1 aliphatic rings. The topological polar surface area (TPSA) is 40.5 Å². The molecular weight excluding hydrogens is 226 g/mol. The average molecular weight is 247 g/mol. The van der Waals surface area contributed by atoms with E-state index in [2.05, 4.69) is 11.8 Å². The standard InChI is InChI=1S/C15H21NO2/c1-3-16-9-7-15(8-10-16,14(17)18)13-6-4-5-12(2)11-13/h4-6,11H,3,7-10H2,1-2H3,(H,17,18). The van der Waals surface area contributed by atoms with Crippen LogP contribution in [0.25, 0.3) is 0 Å². The van der Waals surface area contributed by atoms with Crippen LogP contribution in [0.2, 0.25) is 0 Å². The summed E-state index contributed by atoms with van der Waals surface area (Å²) in [6, 6.07) is 7.96. The number of aliphatic carboxylic acids is 1. The lowest BCUT2D eigenvalue weighted by Gasteiger charge is -2.39. The molecule has 2 rings (SSSR count). The first-order chi connectivity index (χ1) is 8.58. The molecule has 3 nitrogen and oxygen atoms in total. The zero-order chi connectivity index (χ0) is 13.2. The van der Waals surface area contributed by atoms with E-state index in [4.69, 9.17) is 0 Å². The van der Waals surface area contributed by atoms with Crippen LogP contribution in [0, 0.1) is 6.92 Å². The molecule has 0 bridgehead atoms. The number of likely N-dealkylation sites (tertiary alicyclic amines) is 1. The molecule has 0 aliphatic carbocycles. The van der Waals surface area contributed by atoms with E-state index in [9.17, 15) is 9.90 Å². The second-order valence-corrected chi connectivity index (χ2v) is 5.19. The van der Waals surface area contributed by atoms with Gasteiger partial charge in [-0.15, -0.1) is 0 Å². The van der Waals surface area contributed by atoms with Gasteiger partial charge < -0.3 is 10.0 Å². The molecule has 1 fully saturated rings. The Morgan fingerprint density at radius 3 is 2.56 bits per heavy atom. The maximum atomic E-state index is 11.8. The van der Waals surface area contributed by atoms with Gasteiger partial charge in [0.25, 0.3) is 0 Å². The lowest BCUT2D eigenvalue weighted by molar-refractivity contribution is -0.146. The van der Waals surface area contributed by atoms with Gasteiger partial charge in [0.1, 0.15) is 0 Å². The van der Waals surface area contributed by atoms with Crippen LogP contribution in [0.4, 0.5) is 0 Å². The predicted octanol–water partition coefficient (Wildman–Crippen LogP) is 2.43. The number of benzene rings is 1. The summed E-state index contributed by atoms with van der Waals surface area (Å²) >= 11 is 0. The quantitative estimate of drug-likeness (QED) is 0.892. The monoisotopic (exact) mass is 247 g/mol. The minimum atomic E-state index is -0.683. The van der Waals surface area contributed by atoms with E-state index in [0.29, 0.717) is 12.8 Å². The molecule has 1 heterocycles. The van der Waals surface area contributed by atoms with Crippen molar-refractivity contribution in [3.05, 3.63) is 35.4 Å². The van der Waals surface area contributed by atoms with Crippen LogP contribution in [0.15, 0.2) is 24.3 Å². The number of rotatable bonds is 3. The SMILES string of the molecule is CCN1CCC(C(=O)O)(c2cccc(C)c2)CC1. The Morgan fingerprint density at radius 2 is 2.06 bits per heavy atom. The van der Waals surface area contributed by atoms with Crippen LogP contribution in [0.1, 0.15) is 30.9 Å². The second kappa shape index (κ2) is 5.11. The fourth-order valence-electron chi connectivity index (χ4n) is 2.82. The molecule has 0 saturated carbocycles. The molecule has 0 atom stereocenters. The Balaban J connectivity index is 2.32. The largest absolute Gasteiger partial charge is 0.481 e. The van der Waals surface area contributed by atoms with Gasteiger partial charge in [-0.3, -0.25) is 4.79 Å². The van der Waals surface area contributed by atoms with E-state index in [1.54, 1.807) is 0 Å². The molecule has 1 aromatic rings. The summed E-state index contributed by atoms with van der Waals surface area (Å²) in [5.74, 6) is -0.677. The third kappa shape index (κ3) is 2.27. The Labute approximate surface area is 108 Å². The van der Waals surface area contributed by atoms with Gasteiger partial charge in [-0.05, 0) is 45.0 Å².